The van der Waals surface area contributed by atoms with Crippen LogP contribution in [0.1, 0.15) is 48.8 Å². The molecule has 1 heterocycles. The van der Waals surface area contributed by atoms with E-state index in [0.29, 0.717) is 23.6 Å². The molecule has 1 aromatic heterocycles. The number of amides is 1. The van der Waals surface area contributed by atoms with Gasteiger partial charge in [0.15, 0.2) is 0 Å². The second-order valence-corrected chi connectivity index (χ2v) is 7.42. The zero-order valence-electron chi connectivity index (χ0n) is 15.9. The molecule has 5 nitrogen and oxygen atoms in total. The Morgan fingerprint density at radius 2 is 2.00 bits per heavy atom. The molecule has 148 valence electrons. The predicted octanol–water partition coefficient (Wildman–Crippen LogP) is 3.69. The Morgan fingerprint density at radius 1 is 1.33 bits per heavy atom. The van der Waals surface area contributed by atoms with Crippen LogP contribution in [0.4, 0.5) is 13.2 Å². The Kier molecular flexibility index (Phi) is 5.99. The van der Waals surface area contributed by atoms with Crippen molar-refractivity contribution in [1.29, 1.82) is 0 Å². The van der Waals surface area contributed by atoms with Crippen LogP contribution < -0.4 is 11.1 Å². The summed E-state index contributed by atoms with van der Waals surface area (Å²) in [5.74, 6) is -0.00731. The standard InChI is InChI=1S/C19H25F3N4O/c1-12(2)9-18(4,11-23)25-17(27)16-10-24-26(13(16)3)15-7-5-6-14(8-15)19(20,21)22/h5-8,10,12H,9,11,23H2,1-4H3,(H,25,27). The van der Waals surface area contributed by atoms with E-state index in [1.807, 2.05) is 20.8 Å². The van der Waals surface area contributed by atoms with E-state index in [4.69, 9.17) is 5.73 Å². The number of alkyl halides is 3. The van der Waals surface area contributed by atoms with Gasteiger partial charge in [0.05, 0.1) is 28.7 Å². The average molecular weight is 382 g/mol. The topological polar surface area (TPSA) is 72.9 Å². The summed E-state index contributed by atoms with van der Waals surface area (Å²) < 4.78 is 40.1. The maximum absolute atomic E-state index is 12.9. The summed E-state index contributed by atoms with van der Waals surface area (Å²) in [4.78, 5) is 12.7. The first-order valence-corrected chi connectivity index (χ1v) is 8.71. The molecule has 0 bridgehead atoms. The van der Waals surface area contributed by atoms with Gasteiger partial charge in [-0.2, -0.15) is 18.3 Å². The molecule has 2 aromatic rings. The fourth-order valence-electron chi connectivity index (χ4n) is 3.13. The lowest BCUT2D eigenvalue weighted by Gasteiger charge is -2.31. The van der Waals surface area contributed by atoms with Crippen molar-refractivity contribution in [3.63, 3.8) is 0 Å². The number of carbonyl (C=O) groups excluding carboxylic acids is 1. The van der Waals surface area contributed by atoms with E-state index >= 15 is 0 Å². The van der Waals surface area contributed by atoms with E-state index in [9.17, 15) is 18.0 Å². The number of aromatic nitrogens is 2. The summed E-state index contributed by atoms with van der Waals surface area (Å²) in [6, 6.07) is 4.83. The highest BCUT2D eigenvalue weighted by Crippen LogP contribution is 2.30. The molecule has 1 aromatic carbocycles. The van der Waals surface area contributed by atoms with Gasteiger partial charge in [-0.25, -0.2) is 4.68 Å². The molecule has 2 rings (SSSR count). The quantitative estimate of drug-likeness (QED) is 0.800. The van der Waals surface area contributed by atoms with Crippen molar-refractivity contribution in [1.82, 2.24) is 15.1 Å². The molecule has 27 heavy (non-hydrogen) atoms. The van der Waals surface area contributed by atoms with Crippen LogP contribution in [-0.4, -0.2) is 27.8 Å². The maximum Gasteiger partial charge on any atom is 0.416 e. The van der Waals surface area contributed by atoms with E-state index in [1.165, 1.54) is 23.0 Å². The lowest BCUT2D eigenvalue weighted by Crippen LogP contribution is -2.52. The maximum atomic E-state index is 12.9. The lowest BCUT2D eigenvalue weighted by molar-refractivity contribution is -0.137. The number of carbonyl (C=O) groups is 1. The molecular weight excluding hydrogens is 357 g/mol. The van der Waals surface area contributed by atoms with Crippen molar-refractivity contribution in [2.45, 2.75) is 45.8 Å². The highest BCUT2D eigenvalue weighted by atomic mass is 19.4. The molecule has 0 saturated heterocycles. The molecule has 0 saturated carbocycles. The Labute approximate surface area is 156 Å². The second kappa shape index (κ2) is 7.72. The number of hydrogen-bond acceptors (Lipinski definition) is 3. The minimum Gasteiger partial charge on any atom is -0.345 e. The lowest BCUT2D eigenvalue weighted by atomic mass is 9.90. The molecule has 1 atom stereocenters. The van der Waals surface area contributed by atoms with Gasteiger partial charge >= 0.3 is 6.18 Å². The molecule has 1 unspecified atom stereocenters. The zero-order chi connectivity index (χ0) is 20.4. The van der Waals surface area contributed by atoms with Crippen molar-refractivity contribution in [3.05, 3.63) is 47.3 Å². The molecule has 0 spiro atoms. The SMILES string of the molecule is Cc1c(C(=O)NC(C)(CN)CC(C)C)cnn1-c1cccc(C(F)(F)F)c1. The van der Waals surface area contributed by atoms with Crippen LogP contribution in [0.2, 0.25) is 0 Å². The normalized spacial score (nSPS) is 14.3. The van der Waals surface area contributed by atoms with Gasteiger partial charge in [-0.3, -0.25) is 4.79 Å². The fraction of sp³-hybridized carbons (Fsp3) is 0.474. The number of rotatable bonds is 6. The van der Waals surface area contributed by atoms with E-state index in [0.717, 1.165) is 12.1 Å². The molecule has 0 aliphatic rings. The number of benzene rings is 1. The molecule has 0 fully saturated rings. The monoisotopic (exact) mass is 382 g/mol. The van der Waals surface area contributed by atoms with Gasteiger partial charge in [0.25, 0.3) is 5.91 Å². The van der Waals surface area contributed by atoms with Crippen LogP contribution in [0, 0.1) is 12.8 Å². The summed E-state index contributed by atoms with van der Waals surface area (Å²) in [5, 5.41) is 7.04. The first-order chi connectivity index (χ1) is 12.5. The first kappa shape index (κ1) is 21.0. The Hall–Kier alpha value is -2.35. The van der Waals surface area contributed by atoms with Crippen LogP contribution in [0.15, 0.2) is 30.5 Å². The van der Waals surface area contributed by atoms with Gasteiger partial charge in [0.2, 0.25) is 0 Å². The Bertz CT molecular complexity index is 814. The molecule has 8 heteroatoms. The smallest absolute Gasteiger partial charge is 0.345 e. The predicted molar refractivity (Wildman–Crippen MR) is 97.7 cm³/mol. The van der Waals surface area contributed by atoms with Crippen molar-refractivity contribution in [2.24, 2.45) is 11.7 Å². The van der Waals surface area contributed by atoms with Crippen molar-refractivity contribution < 1.29 is 18.0 Å². The Balaban J connectivity index is 2.31. The average Bonchev–Trinajstić information content (AvgIpc) is 2.95. The van der Waals surface area contributed by atoms with Gasteiger partial charge in [0, 0.05) is 12.1 Å². The highest BCUT2D eigenvalue weighted by Gasteiger charge is 2.31. The molecule has 0 aliphatic heterocycles. The third-order valence-corrected chi connectivity index (χ3v) is 4.40. The third-order valence-electron chi connectivity index (χ3n) is 4.40. The summed E-state index contributed by atoms with van der Waals surface area (Å²) in [5.41, 5.74) is 5.48. The molecule has 0 radical (unpaired) electrons. The minimum absolute atomic E-state index is 0.241. The number of nitrogens with zero attached hydrogens (tertiary/aromatic N) is 2. The van der Waals surface area contributed by atoms with E-state index in [1.54, 1.807) is 6.92 Å². The van der Waals surface area contributed by atoms with Gasteiger partial charge in [-0.1, -0.05) is 19.9 Å². The van der Waals surface area contributed by atoms with Crippen LogP contribution in [-0.2, 0) is 6.18 Å². The van der Waals surface area contributed by atoms with E-state index in [-0.39, 0.29) is 18.1 Å². The van der Waals surface area contributed by atoms with E-state index < -0.39 is 17.3 Å². The van der Waals surface area contributed by atoms with Gasteiger partial charge < -0.3 is 11.1 Å². The summed E-state index contributed by atoms with van der Waals surface area (Å²) in [7, 11) is 0. The van der Waals surface area contributed by atoms with Crippen molar-refractivity contribution in [3.8, 4) is 5.69 Å². The third kappa shape index (κ3) is 4.88. The number of nitrogens with two attached hydrogens (primary N) is 1. The van der Waals surface area contributed by atoms with Crippen molar-refractivity contribution in [2.75, 3.05) is 6.54 Å². The van der Waals surface area contributed by atoms with Crippen LogP contribution in [0.3, 0.4) is 0 Å². The Morgan fingerprint density at radius 3 is 2.56 bits per heavy atom. The molecule has 3 N–H and O–H groups in total. The van der Waals surface area contributed by atoms with Gasteiger partial charge in [-0.05, 0) is 44.4 Å². The molecule has 0 aliphatic carbocycles. The van der Waals surface area contributed by atoms with Gasteiger partial charge in [0.1, 0.15) is 0 Å². The van der Waals surface area contributed by atoms with Crippen molar-refractivity contribution >= 4 is 5.91 Å². The number of halogens is 3. The number of hydrogen-bond donors (Lipinski definition) is 2. The second-order valence-electron chi connectivity index (χ2n) is 7.42. The van der Waals surface area contributed by atoms with Crippen LogP contribution in [0.25, 0.3) is 5.69 Å². The van der Waals surface area contributed by atoms with E-state index in [2.05, 4.69) is 10.4 Å². The highest BCUT2D eigenvalue weighted by molar-refractivity contribution is 5.95. The minimum atomic E-state index is -4.45. The van der Waals surface area contributed by atoms with Crippen LogP contribution >= 0.6 is 0 Å². The largest absolute Gasteiger partial charge is 0.416 e. The fourth-order valence-corrected chi connectivity index (χ4v) is 3.13. The summed E-state index contributed by atoms with van der Waals surface area (Å²) >= 11 is 0. The number of nitrogens with one attached hydrogen (secondary N) is 1. The first-order valence-electron chi connectivity index (χ1n) is 8.71. The zero-order valence-corrected chi connectivity index (χ0v) is 15.9. The van der Waals surface area contributed by atoms with Crippen LogP contribution in [0.5, 0.6) is 0 Å². The summed E-state index contributed by atoms with van der Waals surface area (Å²) in [6.45, 7) is 7.87. The van der Waals surface area contributed by atoms with Gasteiger partial charge in [-0.15, -0.1) is 0 Å². The molecular formula is C19H25F3N4O. The molecule has 1 amide bonds. The summed E-state index contributed by atoms with van der Waals surface area (Å²) in [6.07, 6.45) is -2.38.